The first kappa shape index (κ1) is 15.1. The van der Waals surface area contributed by atoms with Crippen molar-refractivity contribution in [1.82, 2.24) is 5.32 Å². The fourth-order valence-electron chi connectivity index (χ4n) is 1.98. The minimum Gasteiger partial charge on any atom is -0.448 e. The molecule has 0 fully saturated rings. The van der Waals surface area contributed by atoms with Crippen molar-refractivity contribution in [3.8, 4) is 0 Å². The summed E-state index contributed by atoms with van der Waals surface area (Å²) in [5, 5.41) is 2.70. The van der Waals surface area contributed by atoms with Crippen molar-refractivity contribution in [2.24, 2.45) is 5.73 Å². The lowest BCUT2D eigenvalue weighted by atomic mass is 10.1. The molecule has 0 saturated carbocycles. The Balaban J connectivity index is 1.66. The lowest BCUT2D eigenvalue weighted by Gasteiger charge is -2.13. The lowest BCUT2D eigenvalue weighted by molar-refractivity contribution is 0.138. The van der Waals surface area contributed by atoms with Crippen LogP contribution in [0.15, 0.2) is 60.7 Å². The zero-order valence-corrected chi connectivity index (χ0v) is 11.9. The summed E-state index contributed by atoms with van der Waals surface area (Å²) in [6.45, 7) is 0.656. The summed E-state index contributed by atoms with van der Waals surface area (Å²) in [6, 6.07) is 19.4. The number of amides is 1. The van der Waals surface area contributed by atoms with Crippen molar-refractivity contribution in [3.63, 3.8) is 0 Å². The number of nitrogens with two attached hydrogens (primary N) is 1. The number of nitrogens with one attached hydrogen (secondary N) is 1. The molecule has 0 radical (unpaired) electrons. The molecule has 0 aliphatic rings. The van der Waals surface area contributed by atoms with Gasteiger partial charge in [-0.3, -0.25) is 0 Å². The monoisotopic (exact) mass is 284 g/mol. The summed E-state index contributed by atoms with van der Waals surface area (Å²) in [4.78, 5) is 11.6. The van der Waals surface area contributed by atoms with E-state index in [0.29, 0.717) is 13.0 Å². The largest absolute Gasteiger partial charge is 0.448 e. The van der Waals surface area contributed by atoms with E-state index < -0.39 is 6.09 Å². The fourth-order valence-corrected chi connectivity index (χ4v) is 1.98. The highest BCUT2D eigenvalue weighted by molar-refractivity contribution is 5.67. The highest BCUT2D eigenvalue weighted by Gasteiger charge is 2.08. The smallest absolute Gasteiger partial charge is 0.407 e. The van der Waals surface area contributed by atoms with Crippen LogP contribution in [-0.4, -0.2) is 18.7 Å². The van der Waals surface area contributed by atoms with Gasteiger partial charge in [-0.15, -0.1) is 0 Å². The van der Waals surface area contributed by atoms with Gasteiger partial charge in [0.1, 0.15) is 6.61 Å². The SMILES string of the molecule is NC(COC(=O)NCc1ccccc1)Cc1ccccc1. The molecule has 1 unspecified atom stereocenters. The molecule has 0 aliphatic heterocycles. The van der Waals surface area contributed by atoms with Crippen LogP contribution in [0, 0.1) is 0 Å². The molecule has 0 heterocycles. The first-order valence-corrected chi connectivity index (χ1v) is 6.98. The quantitative estimate of drug-likeness (QED) is 0.856. The first-order chi connectivity index (χ1) is 10.2. The normalized spacial score (nSPS) is 11.7. The molecule has 4 nitrogen and oxygen atoms in total. The molecule has 0 bridgehead atoms. The number of ether oxygens (including phenoxy) is 1. The van der Waals surface area contributed by atoms with Gasteiger partial charge >= 0.3 is 6.09 Å². The molecule has 2 rings (SSSR count). The van der Waals surface area contributed by atoms with Crippen LogP contribution in [0.5, 0.6) is 0 Å². The summed E-state index contributed by atoms with van der Waals surface area (Å²) >= 11 is 0. The maximum atomic E-state index is 11.6. The minimum atomic E-state index is -0.442. The molecule has 0 aliphatic carbocycles. The van der Waals surface area contributed by atoms with Crippen molar-refractivity contribution in [1.29, 1.82) is 0 Å². The van der Waals surface area contributed by atoms with Crippen LogP contribution in [0.1, 0.15) is 11.1 Å². The average molecular weight is 284 g/mol. The Morgan fingerprint density at radius 1 is 1.00 bits per heavy atom. The molecule has 1 amide bonds. The van der Waals surface area contributed by atoms with Crippen molar-refractivity contribution < 1.29 is 9.53 Å². The summed E-state index contributed by atoms with van der Waals surface area (Å²) in [6.07, 6.45) is 0.245. The number of carbonyl (C=O) groups is 1. The Bertz CT molecular complexity index is 543. The van der Waals surface area contributed by atoms with E-state index >= 15 is 0 Å². The Morgan fingerprint density at radius 2 is 1.57 bits per heavy atom. The van der Waals surface area contributed by atoms with Crippen molar-refractivity contribution in [3.05, 3.63) is 71.8 Å². The number of hydrogen-bond donors (Lipinski definition) is 2. The average Bonchev–Trinajstić information content (AvgIpc) is 2.53. The molecule has 1 atom stereocenters. The van der Waals surface area contributed by atoms with Crippen LogP contribution in [0.3, 0.4) is 0 Å². The summed E-state index contributed by atoms with van der Waals surface area (Å²) in [7, 11) is 0. The molecular formula is C17H20N2O2. The van der Waals surface area contributed by atoms with E-state index in [0.717, 1.165) is 11.1 Å². The van der Waals surface area contributed by atoms with Crippen LogP contribution in [0.2, 0.25) is 0 Å². The molecule has 21 heavy (non-hydrogen) atoms. The Hall–Kier alpha value is -2.33. The second kappa shape index (κ2) is 8.07. The van der Waals surface area contributed by atoms with Gasteiger partial charge in [0.05, 0.1) is 0 Å². The van der Waals surface area contributed by atoms with Crippen molar-refractivity contribution in [2.75, 3.05) is 6.61 Å². The second-order valence-corrected chi connectivity index (χ2v) is 4.89. The van der Waals surface area contributed by atoms with Crippen LogP contribution in [-0.2, 0) is 17.7 Å². The third-order valence-electron chi connectivity index (χ3n) is 3.05. The van der Waals surface area contributed by atoms with Gasteiger partial charge in [0.2, 0.25) is 0 Å². The number of hydrogen-bond acceptors (Lipinski definition) is 3. The summed E-state index contributed by atoms with van der Waals surface area (Å²) < 4.78 is 5.12. The van der Waals surface area contributed by atoms with Gasteiger partial charge in [0.25, 0.3) is 0 Å². The Labute approximate surface area is 124 Å². The van der Waals surface area contributed by atoms with Crippen LogP contribution < -0.4 is 11.1 Å². The molecular weight excluding hydrogens is 264 g/mol. The first-order valence-electron chi connectivity index (χ1n) is 6.98. The van der Waals surface area contributed by atoms with Crippen LogP contribution in [0.25, 0.3) is 0 Å². The van der Waals surface area contributed by atoms with E-state index in [1.54, 1.807) is 0 Å². The van der Waals surface area contributed by atoms with E-state index in [4.69, 9.17) is 10.5 Å². The second-order valence-electron chi connectivity index (χ2n) is 4.89. The summed E-state index contributed by atoms with van der Waals surface area (Å²) in [5.74, 6) is 0. The Morgan fingerprint density at radius 3 is 2.19 bits per heavy atom. The number of benzene rings is 2. The maximum Gasteiger partial charge on any atom is 0.407 e. The molecule has 110 valence electrons. The van der Waals surface area contributed by atoms with Crippen molar-refractivity contribution in [2.45, 2.75) is 19.0 Å². The molecule has 2 aromatic rings. The highest BCUT2D eigenvalue weighted by Crippen LogP contribution is 2.02. The van der Waals surface area contributed by atoms with Gasteiger partial charge in [-0.1, -0.05) is 60.7 Å². The van der Waals surface area contributed by atoms with Gasteiger partial charge in [0, 0.05) is 12.6 Å². The van der Waals surface area contributed by atoms with Gasteiger partial charge in [-0.2, -0.15) is 0 Å². The minimum absolute atomic E-state index is 0.199. The topological polar surface area (TPSA) is 64.3 Å². The van der Waals surface area contributed by atoms with E-state index in [2.05, 4.69) is 5.32 Å². The van der Waals surface area contributed by atoms with E-state index in [1.165, 1.54) is 0 Å². The molecule has 2 aromatic carbocycles. The highest BCUT2D eigenvalue weighted by atomic mass is 16.5. The van der Waals surface area contributed by atoms with E-state index in [1.807, 2.05) is 60.7 Å². The van der Waals surface area contributed by atoms with Gasteiger partial charge in [0.15, 0.2) is 0 Å². The molecule has 4 heteroatoms. The van der Waals surface area contributed by atoms with E-state index in [9.17, 15) is 4.79 Å². The molecule has 0 saturated heterocycles. The van der Waals surface area contributed by atoms with Crippen molar-refractivity contribution >= 4 is 6.09 Å². The van der Waals surface area contributed by atoms with Gasteiger partial charge in [-0.05, 0) is 17.5 Å². The number of rotatable bonds is 6. The third-order valence-corrected chi connectivity index (χ3v) is 3.05. The zero-order valence-electron chi connectivity index (χ0n) is 11.9. The van der Waals surface area contributed by atoms with Crippen LogP contribution >= 0.6 is 0 Å². The van der Waals surface area contributed by atoms with Gasteiger partial charge < -0.3 is 15.8 Å². The maximum absolute atomic E-state index is 11.6. The lowest BCUT2D eigenvalue weighted by Crippen LogP contribution is -2.33. The number of alkyl carbamates (subject to hydrolysis) is 1. The predicted molar refractivity (Wildman–Crippen MR) is 82.8 cm³/mol. The zero-order chi connectivity index (χ0) is 14.9. The number of carbonyl (C=O) groups excluding carboxylic acids is 1. The Kier molecular flexibility index (Phi) is 5.79. The standard InChI is InChI=1S/C17H20N2O2/c18-16(11-14-7-3-1-4-8-14)13-21-17(20)19-12-15-9-5-2-6-10-15/h1-10,16H,11-13,18H2,(H,19,20). The fraction of sp³-hybridized carbons (Fsp3) is 0.235. The van der Waals surface area contributed by atoms with Gasteiger partial charge in [-0.25, -0.2) is 4.79 Å². The molecule has 3 N–H and O–H groups in total. The molecule has 0 aromatic heterocycles. The molecule has 0 spiro atoms. The predicted octanol–water partition coefficient (Wildman–Crippen LogP) is 2.48. The van der Waals surface area contributed by atoms with Crippen LogP contribution in [0.4, 0.5) is 4.79 Å². The summed E-state index contributed by atoms with van der Waals surface area (Å²) in [5.41, 5.74) is 8.12. The third kappa shape index (κ3) is 5.67. The van der Waals surface area contributed by atoms with E-state index in [-0.39, 0.29) is 12.6 Å².